The van der Waals surface area contributed by atoms with Gasteiger partial charge in [0, 0.05) is 6.04 Å². The van der Waals surface area contributed by atoms with Gasteiger partial charge in [0.05, 0.1) is 9.75 Å². The van der Waals surface area contributed by atoms with Gasteiger partial charge in [0.15, 0.2) is 0 Å². The van der Waals surface area contributed by atoms with E-state index < -0.39 is 5.91 Å². The number of nitrogens with one attached hydrogen (secondary N) is 2. The number of hydroxylamine groups is 1. The predicted molar refractivity (Wildman–Crippen MR) is 72.5 cm³/mol. The van der Waals surface area contributed by atoms with Crippen molar-refractivity contribution in [1.82, 2.24) is 10.8 Å². The van der Waals surface area contributed by atoms with Gasteiger partial charge in [-0.3, -0.25) is 14.8 Å². The maximum atomic E-state index is 12.1. The molecule has 104 valence electrons. The van der Waals surface area contributed by atoms with Crippen LogP contribution in [-0.2, 0) is 0 Å². The average Bonchev–Trinajstić information content (AvgIpc) is 2.78. The summed E-state index contributed by atoms with van der Waals surface area (Å²) in [4.78, 5) is 24.1. The quantitative estimate of drug-likeness (QED) is 0.452. The molecule has 0 aliphatic heterocycles. The number of amides is 2. The van der Waals surface area contributed by atoms with Gasteiger partial charge < -0.3 is 5.32 Å². The average molecular weight is 282 g/mol. The lowest BCUT2D eigenvalue weighted by molar-refractivity contribution is 0.0711. The summed E-state index contributed by atoms with van der Waals surface area (Å²) in [7, 11) is 0. The largest absolute Gasteiger partial charge is 0.349 e. The highest BCUT2D eigenvalue weighted by molar-refractivity contribution is 7.15. The van der Waals surface area contributed by atoms with Crippen molar-refractivity contribution in [1.29, 1.82) is 0 Å². The minimum absolute atomic E-state index is 0.131. The molecule has 1 aromatic heterocycles. The second kappa shape index (κ2) is 6.68. The first-order valence-electron chi connectivity index (χ1n) is 6.56. The van der Waals surface area contributed by atoms with Crippen molar-refractivity contribution in [3.63, 3.8) is 0 Å². The molecule has 0 radical (unpaired) electrons. The fraction of sp³-hybridized carbons (Fsp3) is 0.538. The summed E-state index contributed by atoms with van der Waals surface area (Å²) in [6.07, 6.45) is 6.86. The van der Waals surface area contributed by atoms with Crippen LogP contribution in [0.2, 0.25) is 0 Å². The Labute approximate surface area is 116 Å². The molecule has 2 rings (SSSR count). The minimum atomic E-state index is -0.585. The monoisotopic (exact) mass is 282 g/mol. The summed E-state index contributed by atoms with van der Waals surface area (Å²) in [6, 6.07) is 3.40. The van der Waals surface area contributed by atoms with Crippen LogP contribution in [0, 0.1) is 0 Å². The van der Waals surface area contributed by atoms with Gasteiger partial charge in [0.25, 0.3) is 11.8 Å². The second-order valence-corrected chi connectivity index (χ2v) is 5.85. The van der Waals surface area contributed by atoms with E-state index in [1.165, 1.54) is 18.9 Å². The predicted octanol–water partition coefficient (Wildman–Crippen LogP) is 2.32. The number of hydrogen-bond donors (Lipinski definition) is 3. The van der Waals surface area contributed by atoms with Crippen LogP contribution in [0.5, 0.6) is 0 Å². The molecule has 0 spiro atoms. The van der Waals surface area contributed by atoms with Crippen LogP contribution < -0.4 is 10.8 Å². The van der Waals surface area contributed by atoms with Crippen molar-refractivity contribution < 1.29 is 14.8 Å². The van der Waals surface area contributed by atoms with Crippen molar-refractivity contribution in [3.8, 4) is 0 Å². The lowest BCUT2D eigenvalue weighted by Gasteiger charge is -2.15. The first-order chi connectivity index (χ1) is 9.20. The maximum absolute atomic E-state index is 12.1. The second-order valence-electron chi connectivity index (χ2n) is 4.77. The third-order valence-corrected chi connectivity index (χ3v) is 4.43. The van der Waals surface area contributed by atoms with E-state index in [2.05, 4.69) is 5.32 Å². The van der Waals surface area contributed by atoms with E-state index in [0.29, 0.717) is 9.75 Å². The first kappa shape index (κ1) is 14.0. The molecule has 1 aliphatic carbocycles. The molecule has 1 fully saturated rings. The number of thiophene rings is 1. The third-order valence-electron chi connectivity index (χ3n) is 3.35. The highest BCUT2D eigenvalue weighted by Crippen LogP contribution is 2.20. The van der Waals surface area contributed by atoms with Gasteiger partial charge >= 0.3 is 0 Å². The van der Waals surface area contributed by atoms with E-state index >= 15 is 0 Å². The van der Waals surface area contributed by atoms with Crippen molar-refractivity contribution >= 4 is 23.2 Å². The maximum Gasteiger partial charge on any atom is 0.284 e. The summed E-state index contributed by atoms with van der Waals surface area (Å²) in [5.74, 6) is -0.715. The van der Waals surface area contributed by atoms with E-state index in [9.17, 15) is 9.59 Å². The molecule has 1 aliphatic rings. The van der Waals surface area contributed by atoms with Gasteiger partial charge in [0.1, 0.15) is 0 Å². The summed E-state index contributed by atoms with van der Waals surface area (Å²) in [5, 5.41) is 11.6. The van der Waals surface area contributed by atoms with E-state index in [1.54, 1.807) is 11.5 Å². The molecule has 5 nitrogen and oxygen atoms in total. The number of carbonyl (C=O) groups is 2. The minimum Gasteiger partial charge on any atom is -0.349 e. The molecule has 0 aromatic carbocycles. The van der Waals surface area contributed by atoms with E-state index in [4.69, 9.17) is 5.21 Å². The SMILES string of the molecule is O=C(NO)c1ccc(C(=O)NC2CCCCCC2)s1. The standard InChI is InChI=1S/C13H18N2O3S/c16-12(14-9-5-3-1-2-4-6-9)10-7-8-11(19-10)13(17)15-18/h7-9,18H,1-6H2,(H,14,16)(H,15,17). The van der Waals surface area contributed by atoms with Crippen molar-refractivity contribution in [2.45, 2.75) is 44.6 Å². The number of carbonyl (C=O) groups excluding carboxylic acids is 2. The van der Waals surface area contributed by atoms with Gasteiger partial charge in [-0.05, 0) is 25.0 Å². The molecule has 2 amide bonds. The van der Waals surface area contributed by atoms with E-state index in [1.807, 2.05) is 0 Å². The highest BCUT2D eigenvalue weighted by Gasteiger charge is 2.18. The van der Waals surface area contributed by atoms with Crippen molar-refractivity contribution in [2.24, 2.45) is 0 Å². The third kappa shape index (κ3) is 3.78. The van der Waals surface area contributed by atoms with Crippen molar-refractivity contribution in [2.75, 3.05) is 0 Å². The van der Waals surface area contributed by atoms with Gasteiger partial charge in [-0.1, -0.05) is 25.7 Å². The molecule has 1 aromatic rings. The Bertz CT molecular complexity index is 450. The fourth-order valence-corrected chi connectivity index (χ4v) is 3.12. The Hall–Kier alpha value is -1.40. The summed E-state index contributed by atoms with van der Waals surface area (Å²) < 4.78 is 0. The Morgan fingerprint density at radius 2 is 1.63 bits per heavy atom. The molecule has 1 saturated carbocycles. The summed E-state index contributed by atoms with van der Waals surface area (Å²) in [5.41, 5.74) is 1.56. The normalized spacial score (nSPS) is 16.7. The first-order valence-corrected chi connectivity index (χ1v) is 7.37. The zero-order chi connectivity index (χ0) is 13.7. The van der Waals surface area contributed by atoms with Crippen LogP contribution in [0.1, 0.15) is 57.9 Å². The highest BCUT2D eigenvalue weighted by atomic mass is 32.1. The molecule has 19 heavy (non-hydrogen) atoms. The van der Waals surface area contributed by atoms with Gasteiger partial charge in [-0.2, -0.15) is 0 Å². The van der Waals surface area contributed by atoms with Crippen molar-refractivity contribution in [3.05, 3.63) is 21.9 Å². The Kier molecular flexibility index (Phi) is 4.93. The molecule has 3 N–H and O–H groups in total. The topological polar surface area (TPSA) is 78.4 Å². The number of hydrogen-bond acceptors (Lipinski definition) is 4. The van der Waals surface area contributed by atoms with Crippen LogP contribution in [0.25, 0.3) is 0 Å². The van der Waals surface area contributed by atoms with Crippen LogP contribution in [-0.4, -0.2) is 23.1 Å². The molecule has 0 atom stereocenters. The Balaban J connectivity index is 1.95. The van der Waals surface area contributed by atoms with Gasteiger partial charge in [-0.25, -0.2) is 5.48 Å². The summed E-state index contributed by atoms with van der Waals surface area (Å²) >= 11 is 1.08. The molecular weight excluding hydrogens is 264 g/mol. The summed E-state index contributed by atoms with van der Waals surface area (Å²) in [6.45, 7) is 0. The lowest BCUT2D eigenvalue weighted by atomic mass is 10.1. The number of rotatable bonds is 3. The molecular formula is C13H18N2O3S. The van der Waals surface area contributed by atoms with Crippen LogP contribution >= 0.6 is 11.3 Å². The van der Waals surface area contributed by atoms with E-state index in [0.717, 1.165) is 37.0 Å². The lowest BCUT2D eigenvalue weighted by Crippen LogP contribution is -2.33. The van der Waals surface area contributed by atoms with Gasteiger partial charge in [0.2, 0.25) is 0 Å². The molecule has 1 heterocycles. The molecule has 0 bridgehead atoms. The zero-order valence-electron chi connectivity index (χ0n) is 10.6. The Morgan fingerprint density at radius 3 is 2.21 bits per heavy atom. The molecule has 6 heteroatoms. The molecule has 0 saturated heterocycles. The smallest absolute Gasteiger partial charge is 0.284 e. The van der Waals surface area contributed by atoms with Crippen LogP contribution in [0.4, 0.5) is 0 Å². The molecule has 0 unspecified atom stereocenters. The van der Waals surface area contributed by atoms with Gasteiger partial charge in [-0.15, -0.1) is 11.3 Å². The van der Waals surface area contributed by atoms with E-state index in [-0.39, 0.29) is 11.9 Å². The Morgan fingerprint density at radius 1 is 1.05 bits per heavy atom. The fourth-order valence-electron chi connectivity index (χ4n) is 2.32. The zero-order valence-corrected chi connectivity index (χ0v) is 11.5. The van der Waals surface area contributed by atoms with Crippen LogP contribution in [0.15, 0.2) is 12.1 Å². The van der Waals surface area contributed by atoms with Crippen LogP contribution in [0.3, 0.4) is 0 Å².